The van der Waals surface area contributed by atoms with Crippen molar-refractivity contribution in [1.29, 1.82) is 0 Å². The van der Waals surface area contributed by atoms with Gasteiger partial charge in [0.15, 0.2) is 0 Å². The number of H-pyrrole nitrogens is 1. The molecule has 2 aromatic heterocycles. The number of amides is 1. The van der Waals surface area contributed by atoms with Crippen molar-refractivity contribution in [2.24, 2.45) is 7.05 Å². The Morgan fingerprint density at radius 1 is 1.03 bits per heavy atom. The van der Waals surface area contributed by atoms with E-state index in [4.69, 9.17) is 4.74 Å². The number of carbonyl (C=O) groups excluding carboxylic acids is 1. The number of ether oxygens (including phenoxy) is 1. The average molecular weight is 499 g/mol. The van der Waals surface area contributed by atoms with Crippen LogP contribution < -0.4 is 4.74 Å². The molecule has 4 aromatic rings. The minimum absolute atomic E-state index is 0.134. The van der Waals surface area contributed by atoms with E-state index in [9.17, 15) is 4.79 Å². The standard InChI is InChI=1S/C31H38N4O2/c1-33-21-27(26-8-3-4-9-30(26)33)22-12-16-34(17-13-22)18-14-24-7-5-6-15-35(24)31(36)29-20-23-19-25(37-2)10-11-28(23)32-29/h3-4,8-11,19-22,24,32H,5-7,12-18H2,1-2H3. The molecule has 2 aliphatic heterocycles. The van der Waals surface area contributed by atoms with Crippen molar-refractivity contribution in [2.75, 3.05) is 33.3 Å². The lowest BCUT2D eigenvalue weighted by molar-refractivity contribution is 0.0573. The Hall–Kier alpha value is -3.25. The van der Waals surface area contributed by atoms with Crippen molar-refractivity contribution >= 4 is 27.7 Å². The number of nitrogens with zero attached hydrogens (tertiary/aromatic N) is 3. The molecule has 6 heteroatoms. The molecule has 1 unspecified atom stereocenters. The molecule has 1 amide bonds. The molecule has 1 atom stereocenters. The van der Waals surface area contributed by atoms with Crippen LogP contribution in [0.1, 0.15) is 60.5 Å². The zero-order valence-electron chi connectivity index (χ0n) is 22.1. The van der Waals surface area contributed by atoms with E-state index in [1.807, 2.05) is 24.3 Å². The van der Waals surface area contributed by atoms with Gasteiger partial charge >= 0.3 is 0 Å². The summed E-state index contributed by atoms with van der Waals surface area (Å²) in [5.41, 5.74) is 4.51. The van der Waals surface area contributed by atoms with Crippen LogP contribution in [-0.4, -0.2) is 64.6 Å². The number of methoxy groups -OCH3 is 1. The van der Waals surface area contributed by atoms with Crippen LogP contribution >= 0.6 is 0 Å². The monoisotopic (exact) mass is 498 g/mol. The van der Waals surface area contributed by atoms with Crippen molar-refractivity contribution in [1.82, 2.24) is 19.4 Å². The summed E-state index contributed by atoms with van der Waals surface area (Å²) < 4.78 is 7.62. The van der Waals surface area contributed by atoms with E-state index in [1.54, 1.807) is 7.11 Å². The highest BCUT2D eigenvalue weighted by Crippen LogP contribution is 2.34. The smallest absolute Gasteiger partial charge is 0.270 e. The normalized spacial score (nSPS) is 19.6. The number of piperidine rings is 2. The number of benzene rings is 2. The molecule has 6 rings (SSSR count). The summed E-state index contributed by atoms with van der Waals surface area (Å²) in [7, 11) is 3.83. The molecule has 2 saturated heterocycles. The summed E-state index contributed by atoms with van der Waals surface area (Å²) in [5, 5.41) is 2.43. The summed E-state index contributed by atoms with van der Waals surface area (Å²) in [4.78, 5) is 21.6. The van der Waals surface area contributed by atoms with E-state index in [1.165, 1.54) is 35.7 Å². The Bertz CT molecular complexity index is 1390. The quantitative estimate of drug-likeness (QED) is 0.358. The number of likely N-dealkylation sites (tertiary alicyclic amines) is 2. The number of nitrogens with one attached hydrogen (secondary N) is 1. The summed E-state index contributed by atoms with van der Waals surface area (Å²) >= 11 is 0. The van der Waals surface area contributed by atoms with E-state index < -0.39 is 0 Å². The van der Waals surface area contributed by atoms with Crippen molar-refractivity contribution in [3.63, 3.8) is 0 Å². The van der Waals surface area contributed by atoms with Crippen LogP contribution in [0.5, 0.6) is 5.75 Å². The Kier molecular flexibility index (Phi) is 6.68. The van der Waals surface area contributed by atoms with Crippen LogP contribution in [0, 0.1) is 0 Å². The third-order valence-electron chi connectivity index (χ3n) is 8.68. The average Bonchev–Trinajstić information content (AvgIpc) is 3.53. The van der Waals surface area contributed by atoms with Crippen LogP contribution in [0.2, 0.25) is 0 Å². The van der Waals surface area contributed by atoms with Gasteiger partial charge in [-0.25, -0.2) is 0 Å². The number of para-hydroxylation sites is 1. The van der Waals surface area contributed by atoms with E-state index in [-0.39, 0.29) is 5.91 Å². The number of fused-ring (bicyclic) bond motifs is 2. The fourth-order valence-corrected chi connectivity index (χ4v) is 6.57. The van der Waals surface area contributed by atoms with Gasteiger partial charge in [0.25, 0.3) is 5.91 Å². The highest BCUT2D eigenvalue weighted by molar-refractivity contribution is 5.98. The fraction of sp³-hybridized carbons (Fsp3) is 0.452. The molecule has 6 nitrogen and oxygen atoms in total. The third-order valence-corrected chi connectivity index (χ3v) is 8.68. The first-order valence-electron chi connectivity index (χ1n) is 13.8. The maximum absolute atomic E-state index is 13.5. The number of aromatic amines is 1. The van der Waals surface area contributed by atoms with E-state index in [0.29, 0.717) is 17.7 Å². The molecule has 37 heavy (non-hydrogen) atoms. The first-order valence-corrected chi connectivity index (χ1v) is 13.8. The van der Waals surface area contributed by atoms with Crippen LogP contribution in [-0.2, 0) is 7.05 Å². The van der Waals surface area contributed by atoms with E-state index >= 15 is 0 Å². The fourth-order valence-electron chi connectivity index (χ4n) is 6.57. The van der Waals surface area contributed by atoms with Gasteiger partial charge in [0.1, 0.15) is 11.4 Å². The molecule has 1 N–H and O–H groups in total. The molecule has 4 heterocycles. The second kappa shape index (κ2) is 10.3. The number of hydrogen-bond donors (Lipinski definition) is 1. The van der Waals surface area contributed by atoms with E-state index in [2.05, 4.69) is 56.9 Å². The zero-order chi connectivity index (χ0) is 25.4. The SMILES string of the molecule is COc1ccc2[nH]c(C(=O)N3CCCCC3CCN3CCC(c4cn(C)c5ccccc45)CC3)cc2c1. The molecule has 194 valence electrons. The first kappa shape index (κ1) is 24.1. The van der Waals surface area contributed by atoms with Crippen molar-refractivity contribution in [2.45, 2.75) is 50.5 Å². The van der Waals surface area contributed by atoms with Crippen LogP contribution in [0.4, 0.5) is 0 Å². The molecule has 0 aliphatic carbocycles. The van der Waals surface area contributed by atoms with Gasteiger partial charge in [-0.05, 0) is 93.4 Å². The van der Waals surface area contributed by atoms with Gasteiger partial charge in [0.05, 0.1) is 7.11 Å². The molecular formula is C31H38N4O2. The van der Waals surface area contributed by atoms with Crippen LogP contribution in [0.3, 0.4) is 0 Å². The predicted octanol–water partition coefficient (Wildman–Crippen LogP) is 5.93. The van der Waals surface area contributed by atoms with Crippen molar-refractivity contribution in [3.8, 4) is 5.75 Å². The number of hydrogen-bond acceptors (Lipinski definition) is 3. The Labute approximate surface area is 219 Å². The molecule has 0 radical (unpaired) electrons. The topological polar surface area (TPSA) is 53.5 Å². The van der Waals surface area contributed by atoms with Crippen molar-refractivity contribution < 1.29 is 9.53 Å². The van der Waals surface area contributed by atoms with Gasteiger partial charge < -0.3 is 24.1 Å². The highest BCUT2D eigenvalue weighted by atomic mass is 16.5. The number of aromatic nitrogens is 2. The first-order chi connectivity index (χ1) is 18.1. The minimum atomic E-state index is 0.134. The van der Waals surface area contributed by atoms with Crippen molar-refractivity contribution in [3.05, 3.63) is 66.0 Å². The summed E-state index contributed by atoms with van der Waals surface area (Å²) in [6, 6.07) is 17.0. The zero-order valence-corrected chi connectivity index (χ0v) is 22.1. The number of carbonyl (C=O) groups is 1. The van der Waals surface area contributed by atoms with Gasteiger partial charge in [0, 0.05) is 54.2 Å². The van der Waals surface area contributed by atoms with Gasteiger partial charge in [0.2, 0.25) is 0 Å². The summed E-state index contributed by atoms with van der Waals surface area (Å²) in [6.45, 7) is 4.20. The highest BCUT2D eigenvalue weighted by Gasteiger charge is 2.30. The molecule has 0 bridgehead atoms. The second-order valence-corrected chi connectivity index (χ2v) is 10.9. The number of rotatable bonds is 6. The Morgan fingerprint density at radius 2 is 1.86 bits per heavy atom. The molecule has 0 spiro atoms. The molecule has 2 fully saturated rings. The number of aryl methyl sites for hydroxylation is 1. The summed E-state index contributed by atoms with van der Waals surface area (Å²) in [5.74, 6) is 1.58. The maximum Gasteiger partial charge on any atom is 0.270 e. The predicted molar refractivity (Wildman–Crippen MR) is 149 cm³/mol. The molecule has 0 saturated carbocycles. The molecular weight excluding hydrogens is 460 g/mol. The third kappa shape index (κ3) is 4.75. The second-order valence-electron chi connectivity index (χ2n) is 10.9. The Morgan fingerprint density at radius 3 is 2.70 bits per heavy atom. The van der Waals surface area contributed by atoms with Crippen LogP contribution in [0.15, 0.2) is 54.7 Å². The van der Waals surface area contributed by atoms with Gasteiger partial charge in [-0.15, -0.1) is 0 Å². The lowest BCUT2D eigenvalue weighted by atomic mass is 9.89. The maximum atomic E-state index is 13.5. The molecule has 2 aliphatic rings. The van der Waals surface area contributed by atoms with Gasteiger partial charge in [-0.1, -0.05) is 18.2 Å². The van der Waals surface area contributed by atoms with Gasteiger partial charge in [-0.2, -0.15) is 0 Å². The minimum Gasteiger partial charge on any atom is -0.497 e. The summed E-state index contributed by atoms with van der Waals surface area (Å²) in [6.07, 6.45) is 9.22. The van der Waals surface area contributed by atoms with E-state index in [0.717, 1.165) is 62.1 Å². The lowest BCUT2D eigenvalue weighted by Crippen LogP contribution is -2.46. The Balaban J connectivity index is 1.08. The van der Waals surface area contributed by atoms with Gasteiger partial charge in [-0.3, -0.25) is 4.79 Å². The lowest BCUT2D eigenvalue weighted by Gasteiger charge is -2.38. The largest absolute Gasteiger partial charge is 0.497 e. The molecule has 2 aromatic carbocycles. The van der Waals surface area contributed by atoms with Crippen LogP contribution in [0.25, 0.3) is 21.8 Å².